The molecular formula is C21H20F3N3. The van der Waals surface area contributed by atoms with Crippen molar-refractivity contribution in [3.63, 3.8) is 0 Å². The van der Waals surface area contributed by atoms with Crippen LogP contribution in [-0.2, 0) is 19.1 Å². The molecular weight excluding hydrogens is 351 g/mol. The van der Waals surface area contributed by atoms with E-state index in [1.165, 1.54) is 12.1 Å². The van der Waals surface area contributed by atoms with Crippen molar-refractivity contribution in [2.45, 2.75) is 19.1 Å². The smallest absolute Gasteiger partial charge is 0.340 e. The third kappa shape index (κ3) is 5.82. The van der Waals surface area contributed by atoms with Crippen molar-refractivity contribution in [1.82, 2.24) is 10.3 Å². The Labute approximate surface area is 156 Å². The topological polar surface area (TPSA) is 37.0 Å². The number of benzene rings is 2. The molecule has 3 nitrogen and oxygen atoms in total. The van der Waals surface area contributed by atoms with Gasteiger partial charge in [-0.2, -0.15) is 13.2 Å². The van der Waals surface area contributed by atoms with Gasteiger partial charge in [-0.1, -0.05) is 36.4 Å². The minimum atomic E-state index is -4.30. The fraction of sp³-hybridized carbons (Fsp3) is 0.190. The van der Waals surface area contributed by atoms with Gasteiger partial charge in [0.1, 0.15) is 5.82 Å². The first kappa shape index (κ1) is 18.9. The monoisotopic (exact) mass is 371 g/mol. The van der Waals surface area contributed by atoms with Crippen LogP contribution in [0.25, 0.3) is 0 Å². The molecule has 2 aromatic carbocycles. The van der Waals surface area contributed by atoms with E-state index in [4.69, 9.17) is 0 Å². The number of nitrogens with zero attached hydrogens (tertiary/aromatic N) is 1. The summed E-state index contributed by atoms with van der Waals surface area (Å²) in [6.07, 6.45) is -2.04. The summed E-state index contributed by atoms with van der Waals surface area (Å²) in [7, 11) is 0. The van der Waals surface area contributed by atoms with Gasteiger partial charge >= 0.3 is 6.18 Å². The van der Waals surface area contributed by atoms with Crippen molar-refractivity contribution >= 4 is 11.5 Å². The van der Waals surface area contributed by atoms with E-state index in [0.29, 0.717) is 25.1 Å². The number of anilines is 2. The first-order valence-corrected chi connectivity index (χ1v) is 8.64. The average molecular weight is 371 g/mol. The SMILES string of the molecule is FC(F)(F)c1cccc(CCNCc2cccc(Nc3ccccn3)c2)c1. The lowest BCUT2D eigenvalue weighted by Crippen LogP contribution is -2.17. The molecule has 140 valence electrons. The van der Waals surface area contributed by atoms with E-state index in [0.717, 1.165) is 23.1 Å². The highest BCUT2D eigenvalue weighted by atomic mass is 19.4. The molecule has 0 radical (unpaired) electrons. The molecule has 3 aromatic rings. The van der Waals surface area contributed by atoms with E-state index in [1.54, 1.807) is 12.3 Å². The zero-order valence-electron chi connectivity index (χ0n) is 14.6. The van der Waals surface area contributed by atoms with E-state index in [2.05, 4.69) is 15.6 Å². The fourth-order valence-corrected chi connectivity index (χ4v) is 2.71. The molecule has 1 aromatic heterocycles. The van der Waals surface area contributed by atoms with Gasteiger partial charge in [-0.05, 0) is 54.4 Å². The van der Waals surface area contributed by atoms with Gasteiger partial charge in [0.25, 0.3) is 0 Å². The number of hydrogen-bond acceptors (Lipinski definition) is 3. The highest BCUT2D eigenvalue weighted by molar-refractivity contribution is 5.56. The largest absolute Gasteiger partial charge is 0.416 e. The molecule has 0 bridgehead atoms. The number of hydrogen-bond donors (Lipinski definition) is 2. The molecule has 0 aliphatic rings. The standard InChI is InChI=1S/C21H20F3N3/c22-21(23,24)18-7-3-5-16(13-18)10-12-25-15-17-6-4-8-19(14-17)27-20-9-1-2-11-26-20/h1-9,11,13-14,25H,10,12,15H2,(H,26,27). The van der Waals surface area contributed by atoms with Crippen LogP contribution in [0, 0.1) is 0 Å². The molecule has 0 aliphatic carbocycles. The molecule has 2 N–H and O–H groups in total. The van der Waals surface area contributed by atoms with Crippen LogP contribution in [0.5, 0.6) is 0 Å². The Kier molecular flexibility index (Phi) is 6.08. The number of rotatable bonds is 7. The fourth-order valence-electron chi connectivity index (χ4n) is 2.71. The summed E-state index contributed by atoms with van der Waals surface area (Å²) in [5, 5.41) is 6.51. The molecule has 0 amide bonds. The summed E-state index contributed by atoms with van der Waals surface area (Å²) in [6, 6.07) is 19.1. The third-order valence-electron chi connectivity index (χ3n) is 4.04. The van der Waals surface area contributed by atoms with Gasteiger partial charge in [-0.3, -0.25) is 0 Å². The van der Waals surface area contributed by atoms with Gasteiger partial charge in [0.15, 0.2) is 0 Å². The molecule has 0 saturated carbocycles. The molecule has 0 saturated heterocycles. The zero-order chi connectivity index (χ0) is 19.1. The van der Waals surface area contributed by atoms with Crippen LogP contribution in [0.3, 0.4) is 0 Å². The Hall–Kier alpha value is -2.86. The van der Waals surface area contributed by atoms with Crippen LogP contribution in [0.4, 0.5) is 24.7 Å². The van der Waals surface area contributed by atoms with Crippen LogP contribution in [0.1, 0.15) is 16.7 Å². The predicted molar refractivity (Wildman–Crippen MR) is 101 cm³/mol. The van der Waals surface area contributed by atoms with E-state index in [9.17, 15) is 13.2 Å². The molecule has 0 aliphatic heterocycles. The minimum absolute atomic E-state index is 0.537. The zero-order valence-corrected chi connectivity index (χ0v) is 14.6. The van der Waals surface area contributed by atoms with Gasteiger partial charge in [0.2, 0.25) is 0 Å². The summed E-state index contributed by atoms with van der Waals surface area (Å²) >= 11 is 0. The molecule has 0 atom stereocenters. The average Bonchev–Trinajstić information content (AvgIpc) is 2.66. The quantitative estimate of drug-likeness (QED) is 0.562. The molecule has 27 heavy (non-hydrogen) atoms. The van der Waals surface area contributed by atoms with Crippen LogP contribution in [-0.4, -0.2) is 11.5 Å². The number of alkyl halides is 3. The van der Waals surface area contributed by atoms with Gasteiger partial charge < -0.3 is 10.6 Å². The number of pyridine rings is 1. The van der Waals surface area contributed by atoms with E-state index < -0.39 is 11.7 Å². The van der Waals surface area contributed by atoms with Crippen LogP contribution in [0.2, 0.25) is 0 Å². The van der Waals surface area contributed by atoms with Gasteiger partial charge in [-0.15, -0.1) is 0 Å². The normalized spacial score (nSPS) is 11.4. The maximum Gasteiger partial charge on any atom is 0.416 e. The Morgan fingerprint density at radius 3 is 2.44 bits per heavy atom. The summed E-state index contributed by atoms with van der Waals surface area (Å²) in [4.78, 5) is 4.23. The van der Waals surface area contributed by atoms with Crippen LogP contribution >= 0.6 is 0 Å². The first-order valence-electron chi connectivity index (χ1n) is 8.64. The lowest BCUT2D eigenvalue weighted by atomic mass is 10.1. The number of halogens is 3. The Morgan fingerprint density at radius 2 is 1.67 bits per heavy atom. The predicted octanol–water partition coefficient (Wildman–Crippen LogP) is 5.18. The third-order valence-corrected chi connectivity index (χ3v) is 4.04. The van der Waals surface area contributed by atoms with Crippen molar-refractivity contribution in [3.05, 3.63) is 89.6 Å². The van der Waals surface area contributed by atoms with E-state index in [1.807, 2.05) is 42.5 Å². The summed E-state index contributed by atoms with van der Waals surface area (Å²) in [6.45, 7) is 1.23. The second-order valence-corrected chi connectivity index (χ2v) is 6.17. The van der Waals surface area contributed by atoms with Gasteiger partial charge in [0, 0.05) is 18.4 Å². The van der Waals surface area contributed by atoms with E-state index >= 15 is 0 Å². The molecule has 6 heteroatoms. The molecule has 0 fully saturated rings. The lowest BCUT2D eigenvalue weighted by Gasteiger charge is -2.10. The van der Waals surface area contributed by atoms with Crippen molar-refractivity contribution in [2.75, 3.05) is 11.9 Å². The minimum Gasteiger partial charge on any atom is -0.340 e. The maximum absolute atomic E-state index is 12.7. The van der Waals surface area contributed by atoms with Crippen LogP contribution < -0.4 is 10.6 Å². The second-order valence-electron chi connectivity index (χ2n) is 6.17. The summed E-state index contributed by atoms with van der Waals surface area (Å²) in [5.41, 5.74) is 2.09. The Bertz CT molecular complexity index is 864. The second kappa shape index (κ2) is 8.68. The van der Waals surface area contributed by atoms with Crippen molar-refractivity contribution < 1.29 is 13.2 Å². The highest BCUT2D eigenvalue weighted by Crippen LogP contribution is 2.29. The lowest BCUT2D eigenvalue weighted by molar-refractivity contribution is -0.137. The van der Waals surface area contributed by atoms with E-state index in [-0.39, 0.29) is 0 Å². The number of aromatic nitrogens is 1. The summed E-state index contributed by atoms with van der Waals surface area (Å²) < 4.78 is 38.2. The van der Waals surface area contributed by atoms with Gasteiger partial charge in [0.05, 0.1) is 5.56 Å². The highest BCUT2D eigenvalue weighted by Gasteiger charge is 2.30. The molecule has 3 rings (SSSR count). The maximum atomic E-state index is 12.7. The summed E-state index contributed by atoms with van der Waals surface area (Å²) in [5.74, 6) is 0.771. The Balaban J connectivity index is 1.50. The molecule has 1 heterocycles. The molecule has 0 unspecified atom stereocenters. The first-order chi connectivity index (χ1) is 13.0. The molecule has 0 spiro atoms. The van der Waals surface area contributed by atoms with Crippen molar-refractivity contribution in [3.8, 4) is 0 Å². The Morgan fingerprint density at radius 1 is 0.852 bits per heavy atom. The van der Waals surface area contributed by atoms with Crippen molar-refractivity contribution in [2.24, 2.45) is 0 Å². The van der Waals surface area contributed by atoms with Gasteiger partial charge in [-0.25, -0.2) is 4.98 Å². The van der Waals surface area contributed by atoms with Crippen LogP contribution in [0.15, 0.2) is 72.9 Å². The number of nitrogens with one attached hydrogen (secondary N) is 2. The van der Waals surface area contributed by atoms with Crippen molar-refractivity contribution in [1.29, 1.82) is 0 Å².